The molecule has 0 unspecified atom stereocenters. The summed E-state index contributed by atoms with van der Waals surface area (Å²) in [7, 11) is 0. The molecular weight excluding hydrogens is 274 g/mol. The Kier molecular flexibility index (Phi) is 3.78. The van der Waals surface area contributed by atoms with Gasteiger partial charge in [0.2, 0.25) is 0 Å². The lowest BCUT2D eigenvalue weighted by Gasteiger charge is -2.06. The summed E-state index contributed by atoms with van der Waals surface area (Å²) in [6, 6.07) is 2.76. The van der Waals surface area contributed by atoms with Gasteiger partial charge in [0.1, 0.15) is 11.0 Å². The standard InChI is InChI=1S/C11H10ClN3O2S/c1-6-8(18-5-14-6)4-13-10-3-7(11(16)17)2-9(12)15-10/h2-3,5H,4H2,1H3,(H,13,15)(H,16,17). The number of hydrogen-bond donors (Lipinski definition) is 2. The van der Waals surface area contributed by atoms with Gasteiger partial charge in [-0.15, -0.1) is 11.3 Å². The molecule has 0 aliphatic heterocycles. The fraction of sp³-hybridized carbons (Fsp3) is 0.182. The molecule has 2 heterocycles. The first-order chi connectivity index (χ1) is 8.56. The average Bonchev–Trinajstić information content (AvgIpc) is 2.71. The number of aromatic carboxylic acids is 1. The number of hydrogen-bond acceptors (Lipinski definition) is 5. The first kappa shape index (κ1) is 12.8. The molecule has 0 aliphatic rings. The van der Waals surface area contributed by atoms with Crippen molar-refractivity contribution in [2.75, 3.05) is 5.32 Å². The van der Waals surface area contributed by atoms with Crippen molar-refractivity contribution in [3.05, 3.63) is 38.9 Å². The van der Waals surface area contributed by atoms with E-state index in [0.29, 0.717) is 12.4 Å². The highest BCUT2D eigenvalue weighted by molar-refractivity contribution is 7.09. The number of thiazole rings is 1. The molecular formula is C11H10ClN3O2S. The summed E-state index contributed by atoms with van der Waals surface area (Å²) in [4.78, 5) is 20.1. The Balaban J connectivity index is 2.14. The lowest BCUT2D eigenvalue weighted by Crippen LogP contribution is -2.04. The second-order valence-corrected chi connectivity index (χ2v) is 4.91. The van der Waals surface area contributed by atoms with Gasteiger partial charge in [0.15, 0.2) is 0 Å². The molecule has 2 aromatic rings. The molecule has 5 nitrogen and oxygen atoms in total. The lowest BCUT2D eigenvalue weighted by molar-refractivity contribution is 0.0697. The predicted octanol–water partition coefficient (Wildman–Crippen LogP) is 2.81. The average molecular weight is 284 g/mol. The summed E-state index contributed by atoms with van der Waals surface area (Å²) in [6.45, 7) is 2.46. The SMILES string of the molecule is Cc1ncsc1CNc1cc(C(=O)O)cc(Cl)n1. The molecule has 2 aromatic heterocycles. The van der Waals surface area contributed by atoms with Crippen LogP contribution in [0.2, 0.25) is 5.15 Å². The smallest absolute Gasteiger partial charge is 0.335 e. The van der Waals surface area contributed by atoms with Crippen LogP contribution in [0.25, 0.3) is 0 Å². The van der Waals surface area contributed by atoms with Gasteiger partial charge in [-0.25, -0.2) is 14.8 Å². The van der Waals surface area contributed by atoms with Gasteiger partial charge in [-0.05, 0) is 19.1 Å². The van der Waals surface area contributed by atoms with Gasteiger partial charge in [0, 0.05) is 4.88 Å². The van der Waals surface area contributed by atoms with Gasteiger partial charge < -0.3 is 10.4 Å². The maximum Gasteiger partial charge on any atom is 0.335 e. The Morgan fingerprint density at radius 2 is 2.33 bits per heavy atom. The Morgan fingerprint density at radius 3 is 2.94 bits per heavy atom. The van der Waals surface area contributed by atoms with Crippen molar-refractivity contribution >= 4 is 34.7 Å². The van der Waals surface area contributed by atoms with E-state index in [1.165, 1.54) is 23.5 Å². The highest BCUT2D eigenvalue weighted by atomic mass is 35.5. The Hall–Kier alpha value is -1.66. The van der Waals surface area contributed by atoms with Crippen molar-refractivity contribution in [1.82, 2.24) is 9.97 Å². The molecule has 0 amide bonds. The van der Waals surface area contributed by atoms with Crippen LogP contribution >= 0.6 is 22.9 Å². The molecule has 18 heavy (non-hydrogen) atoms. The minimum absolute atomic E-state index is 0.110. The molecule has 94 valence electrons. The number of carboxylic acid groups (broad SMARTS) is 1. The van der Waals surface area contributed by atoms with Crippen LogP contribution < -0.4 is 5.32 Å². The largest absolute Gasteiger partial charge is 0.478 e. The van der Waals surface area contributed by atoms with Gasteiger partial charge in [0.25, 0.3) is 0 Å². The van der Waals surface area contributed by atoms with Crippen LogP contribution in [0.1, 0.15) is 20.9 Å². The number of halogens is 1. The quantitative estimate of drug-likeness (QED) is 0.844. The van der Waals surface area contributed by atoms with Crippen LogP contribution in [0.3, 0.4) is 0 Å². The number of nitrogens with zero attached hydrogens (tertiary/aromatic N) is 2. The Morgan fingerprint density at radius 1 is 1.56 bits per heavy atom. The molecule has 0 saturated heterocycles. The summed E-state index contributed by atoms with van der Waals surface area (Å²) in [5.41, 5.74) is 2.83. The zero-order valence-electron chi connectivity index (χ0n) is 9.48. The molecule has 2 rings (SSSR count). The zero-order chi connectivity index (χ0) is 13.1. The summed E-state index contributed by atoms with van der Waals surface area (Å²) in [5.74, 6) is -0.593. The number of aromatic nitrogens is 2. The predicted molar refractivity (Wildman–Crippen MR) is 70.4 cm³/mol. The summed E-state index contributed by atoms with van der Waals surface area (Å²) >= 11 is 7.29. The van der Waals surface area contributed by atoms with Gasteiger partial charge >= 0.3 is 5.97 Å². The van der Waals surface area contributed by atoms with E-state index in [1.807, 2.05) is 6.92 Å². The van der Waals surface area contributed by atoms with Gasteiger partial charge in [-0.2, -0.15) is 0 Å². The molecule has 0 fully saturated rings. The first-order valence-electron chi connectivity index (χ1n) is 5.10. The third kappa shape index (κ3) is 2.96. The summed E-state index contributed by atoms with van der Waals surface area (Å²) in [5, 5.41) is 12.1. The molecule has 0 radical (unpaired) electrons. The third-order valence-electron chi connectivity index (χ3n) is 2.32. The Labute approximate surface area is 112 Å². The van der Waals surface area contributed by atoms with Crippen molar-refractivity contribution in [1.29, 1.82) is 0 Å². The van der Waals surface area contributed by atoms with E-state index in [4.69, 9.17) is 16.7 Å². The van der Waals surface area contributed by atoms with E-state index in [0.717, 1.165) is 10.6 Å². The fourth-order valence-corrected chi connectivity index (χ4v) is 2.30. The number of aryl methyl sites for hydroxylation is 1. The second-order valence-electron chi connectivity index (χ2n) is 3.58. The van der Waals surface area contributed by atoms with Crippen LogP contribution in [0.5, 0.6) is 0 Å². The van der Waals surface area contributed by atoms with E-state index < -0.39 is 5.97 Å². The molecule has 7 heteroatoms. The number of carbonyl (C=O) groups is 1. The van der Waals surface area contributed by atoms with Crippen LogP contribution in [-0.2, 0) is 6.54 Å². The van der Waals surface area contributed by atoms with E-state index in [9.17, 15) is 4.79 Å². The van der Waals surface area contributed by atoms with Crippen molar-refractivity contribution < 1.29 is 9.90 Å². The van der Waals surface area contributed by atoms with Crippen LogP contribution in [0.4, 0.5) is 5.82 Å². The highest BCUT2D eigenvalue weighted by Gasteiger charge is 2.08. The minimum atomic E-state index is -1.03. The highest BCUT2D eigenvalue weighted by Crippen LogP contribution is 2.17. The maximum absolute atomic E-state index is 10.9. The van der Waals surface area contributed by atoms with E-state index in [-0.39, 0.29) is 10.7 Å². The molecule has 0 aromatic carbocycles. The normalized spacial score (nSPS) is 10.3. The number of anilines is 1. The number of pyridine rings is 1. The lowest BCUT2D eigenvalue weighted by atomic mass is 10.2. The monoisotopic (exact) mass is 283 g/mol. The van der Waals surface area contributed by atoms with Crippen molar-refractivity contribution in [3.63, 3.8) is 0 Å². The molecule has 0 atom stereocenters. The minimum Gasteiger partial charge on any atom is -0.478 e. The van der Waals surface area contributed by atoms with Crippen LogP contribution in [0.15, 0.2) is 17.6 Å². The number of carboxylic acids is 1. The van der Waals surface area contributed by atoms with E-state index >= 15 is 0 Å². The molecule has 0 bridgehead atoms. The van der Waals surface area contributed by atoms with E-state index in [1.54, 1.807) is 5.51 Å². The maximum atomic E-state index is 10.9. The van der Waals surface area contributed by atoms with Crippen molar-refractivity contribution in [2.45, 2.75) is 13.5 Å². The fourth-order valence-electron chi connectivity index (χ4n) is 1.38. The van der Waals surface area contributed by atoms with Gasteiger partial charge in [0.05, 0.1) is 23.3 Å². The number of rotatable bonds is 4. The molecule has 0 spiro atoms. The van der Waals surface area contributed by atoms with Gasteiger partial charge in [-0.3, -0.25) is 0 Å². The van der Waals surface area contributed by atoms with Crippen LogP contribution in [-0.4, -0.2) is 21.0 Å². The third-order valence-corrected chi connectivity index (χ3v) is 3.44. The van der Waals surface area contributed by atoms with E-state index in [2.05, 4.69) is 15.3 Å². The summed E-state index contributed by atoms with van der Waals surface area (Å²) < 4.78 is 0. The van der Waals surface area contributed by atoms with Crippen molar-refractivity contribution in [3.8, 4) is 0 Å². The topological polar surface area (TPSA) is 75.1 Å². The van der Waals surface area contributed by atoms with Gasteiger partial charge in [-0.1, -0.05) is 11.6 Å². The molecule has 2 N–H and O–H groups in total. The summed E-state index contributed by atoms with van der Waals surface area (Å²) in [6.07, 6.45) is 0. The molecule has 0 saturated carbocycles. The van der Waals surface area contributed by atoms with Crippen LogP contribution in [0, 0.1) is 6.92 Å². The second kappa shape index (κ2) is 5.32. The first-order valence-corrected chi connectivity index (χ1v) is 6.35. The Bertz CT molecular complexity index is 585. The molecule has 0 aliphatic carbocycles. The number of nitrogens with one attached hydrogen (secondary N) is 1. The van der Waals surface area contributed by atoms with Crippen molar-refractivity contribution in [2.24, 2.45) is 0 Å². The zero-order valence-corrected chi connectivity index (χ0v) is 11.0.